The van der Waals surface area contributed by atoms with Gasteiger partial charge in [-0.05, 0) is 32.0 Å². The summed E-state index contributed by atoms with van der Waals surface area (Å²) in [5.74, 6) is 0.0380. The summed E-state index contributed by atoms with van der Waals surface area (Å²) in [7, 11) is -2.01. The second-order valence-electron chi connectivity index (χ2n) is 3.94. The average Bonchev–Trinajstić information content (AvgIpc) is 2.30. The molecule has 0 saturated heterocycles. The van der Waals surface area contributed by atoms with E-state index in [1.165, 1.54) is 7.05 Å². The van der Waals surface area contributed by atoms with Gasteiger partial charge in [0.2, 0.25) is 10.0 Å². The van der Waals surface area contributed by atoms with Gasteiger partial charge in [-0.25, -0.2) is 13.1 Å². The first kappa shape index (κ1) is 14.5. The maximum atomic E-state index is 11.9. The normalized spacial score (nSPS) is 15.5. The van der Waals surface area contributed by atoms with Crippen LogP contribution in [0.25, 0.3) is 0 Å². The third kappa shape index (κ3) is 3.21. The Kier molecular flexibility index (Phi) is 4.98. The fourth-order valence-corrected chi connectivity index (χ4v) is 3.25. The molecule has 0 aliphatic rings. The molecule has 1 rings (SSSR count). The molecule has 0 amide bonds. The molecule has 5 heteroatoms. The smallest absolute Gasteiger partial charge is 0.214 e. The Morgan fingerprint density at radius 3 is 2.41 bits per heavy atom. The van der Waals surface area contributed by atoms with Gasteiger partial charge in [0.15, 0.2) is 0 Å². The van der Waals surface area contributed by atoms with Crippen LogP contribution in [-0.2, 0) is 10.0 Å². The standard InChI is InChI=1S/C12H18ClNO2S/c1-4-10(9(2)13)11-7-5-6-8-12(11)17(15,16)14-3/h5-10,14H,4H2,1-3H3. The minimum Gasteiger partial charge on any atom is -0.214 e. The van der Waals surface area contributed by atoms with Crippen molar-refractivity contribution in [1.29, 1.82) is 0 Å². The third-order valence-electron chi connectivity index (χ3n) is 2.87. The second-order valence-corrected chi connectivity index (χ2v) is 6.48. The quantitative estimate of drug-likeness (QED) is 0.840. The van der Waals surface area contributed by atoms with Crippen LogP contribution in [0.2, 0.25) is 0 Å². The summed E-state index contributed by atoms with van der Waals surface area (Å²) >= 11 is 6.13. The molecule has 0 heterocycles. The molecule has 0 radical (unpaired) electrons. The number of nitrogens with one attached hydrogen (secondary N) is 1. The number of sulfonamides is 1. The minimum absolute atomic E-state index is 0.0380. The van der Waals surface area contributed by atoms with Crippen molar-refractivity contribution in [3.63, 3.8) is 0 Å². The Bertz CT molecular complexity index is 471. The van der Waals surface area contributed by atoms with Crippen LogP contribution in [0, 0.1) is 0 Å². The number of alkyl halides is 1. The fourth-order valence-electron chi connectivity index (χ4n) is 1.93. The van der Waals surface area contributed by atoms with Gasteiger partial charge < -0.3 is 0 Å². The van der Waals surface area contributed by atoms with Crippen LogP contribution in [0.1, 0.15) is 31.7 Å². The molecular weight excluding hydrogens is 258 g/mol. The van der Waals surface area contributed by atoms with Gasteiger partial charge in [0.1, 0.15) is 0 Å². The van der Waals surface area contributed by atoms with Crippen LogP contribution in [0.3, 0.4) is 0 Å². The van der Waals surface area contributed by atoms with E-state index >= 15 is 0 Å². The van der Waals surface area contributed by atoms with Crippen molar-refractivity contribution in [3.8, 4) is 0 Å². The van der Waals surface area contributed by atoms with E-state index in [0.717, 1.165) is 12.0 Å². The first-order valence-electron chi connectivity index (χ1n) is 5.60. The van der Waals surface area contributed by atoms with E-state index in [1.54, 1.807) is 12.1 Å². The van der Waals surface area contributed by atoms with Crippen molar-refractivity contribution in [2.75, 3.05) is 7.05 Å². The molecule has 0 aliphatic heterocycles. The molecule has 0 saturated carbocycles. The topological polar surface area (TPSA) is 46.2 Å². The zero-order valence-corrected chi connectivity index (χ0v) is 11.8. The lowest BCUT2D eigenvalue weighted by molar-refractivity contribution is 0.580. The predicted molar refractivity (Wildman–Crippen MR) is 71.0 cm³/mol. The maximum Gasteiger partial charge on any atom is 0.240 e. The number of hydrogen-bond donors (Lipinski definition) is 1. The van der Waals surface area contributed by atoms with Crippen molar-refractivity contribution in [2.24, 2.45) is 0 Å². The Morgan fingerprint density at radius 2 is 1.94 bits per heavy atom. The maximum absolute atomic E-state index is 11.9. The summed E-state index contributed by atoms with van der Waals surface area (Å²) in [5.41, 5.74) is 0.784. The molecule has 1 N–H and O–H groups in total. The Balaban J connectivity index is 3.35. The number of halogens is 1. The van der Waals surface area contributed by atoms with E-state index < -0.39 is 10.0 Å². The highest BCUT2D eigenvalue weighted by Gasteiger charge is 2.23. The SMILES string of the molecule is CCC(c1ccccc1S(=O)(=O)NC)C(C)Cl. The molecular formula is C12H18ClNO2S. The van der Waals surface area contributed by atoms with Gasteiger partial charge in [0.25, 0.3) is 0 Å². The molecule has 2 atom stereocenters. The first-order chi connectivity index (χ1) is 7.94. The Morgan fingerprint density at radius 1 is 1.35 bits per heavy atom. The van der Waals surface area contributed by atoms with E-state index in [1.807, 2.05) is 26.0 Å². The lowest BCUT2D eigenvalue weighted by Crippen LogP contribution is -2.22. The second kappa shape index (κ2) is 5.85. The average molecular weight is 276 g/mol. The molecule has 0 bridgehead atoms. The van der Waals surface area contributed by atoms with E-state index in [4.69, 9.17) is 11.6 Å². The highest BCUT2D eigenvalue weighted by molar-refractivity contribution is 7.89. The molecule has 2 unspecified atom stereocenters. The predicted octanol–water partition coefficient (Wildman–Crippen LogP) is 2.72. The monoisotopic (exact) mass is 275 g/mol. The largest absolute Gasteiger partial charge is 0.240 e. The molecule has 96 valence electrons. The van der Waals surface area contributed by atoms with Crippen molar-refractivity contribution in [1.82, 2.24) is 4.72 Å². The Hall–Kier alpha value is -0.580. The van der Waals surface area contributed by atoms with Gasteiger partial charge in [-0.3, -0.25) is 0 Å². The fraction of sp³-hybridized carbons (Fsp3) is 0.500. The Labute approximate surface area is 108 Å². The van der Waals surface area contributed by atoms with E-state index in [9.17, 15) is 8.42 Å². The van der Waals surface area contributed by atoms with E-state index in [0.29, 0.717) is 4.90 Å². The number of benzene rings is 1. The molecule has 0 fully saturated rings. The van der Waals surface area contributed by atoms with Crippen LogP contribution in [0.4, 0.5) is 0 Å². The van der Waals surface area contributed by atoms with Crippen molar-refractivity contribution in [3.05, 3.63) is 29.8 Å². The van der Waals surface area contributed by atoms with Crippen LogP contribution in [0.15, 0.2) is 29.2 Å². The molecule has 1 aromatic carbocycles. The van der Waals surface area contributed by atoms with Gasteiger partial charge in [-0.1, -0.05) is 25.1 Å². The van der Waals surface area contributed by atoms with E-state index in [-0.39, 0.29) is 11.3 Å². The molecule has 17 heavy (non-hydrogen) atoms. The van der Waals surface area contributed by atoms with Crippen LogP contribution in [-0.4, -0.2) is 20.8 Å². The number of hydrogen-bond acceptors (Lipinski definition) is 2. The van der Waals surface area contributed by atoms with Crippen molar-refractivity contribution in [2.45, 2.75) is 36.5 Å². The molecule has 1 aromatic rings. The highest BCUT2D eigenvalue weighted by atomic mass is 35.5. The molecule has 0 aliphatic carbocycles. The highest BCUT2D eigenvalue weighted by Crippen LogP contribution is 2.31. The first-order valence-corrected chi connectivity index (χ1v) is 7.52. The zero-order chi connectivity index (χ0) is 13.1. The lowest BCUT2D eigenvalue weighted by Gasteiger charge is -2.20. The third-order valence-corrected chi connectivity index (χ3v) is 4.66. The summed E-state index contributed by atoms with van der Waals surface area (Å²) in [6, 6.07) is 7.01. The van der Waals surface area contributed by atoms with Gasteiger partial charge in [-0.2, -0.15) is 0 Å². The number of rotatable bonds is 5. The minimum atomic E-state index is -3.43. The van der Waals surface area contributed by atoms with Gasteiger partial charge in [0.05, 0.1) is 4.90 Å². The lowest BCUT2D eigenvalue weighted by atomic mass is 9.94. The van der Waals surface area contributed by atoms with Crippen molar-refractivity contribution < 1.29 is 8.42 Å². The zero-order valence-electron chi connectivity index (χ0n) is 10.3. The molecule has 0 spiro atoms. The summed E-state index contributed by atoms with van der Waals surface area (Å²) in [4.78, 5) is 0.321. The summed E-state index contributed by atoms with van der Waals surface area (Å²) < 4.78 is 26.2. The van der Waals surface area contributed by atoms with Gasteiger partial charge in [-0.15, -0.1) is 11.6 Å². The summed E-state index contributed by atoms with van der Waals surface area (Å²) in [6.07, 6.45) is 0.806. The molecule has 3 nitrogen and oxygen atoms in total. The summed E-state index contributed by atoms with van der Waals surface area (Å²) in [5, 5.41) is -0.104. The van der Waals surface area contributed by atoms with E-state index in [2.05, 4.69) is 4.72 Å². The molecule has 0 aromatic heterocycles. The van der Waals surface area contributed by atoms with Crippen molar-refractivity contribution >= 4 is 21.6 Å². The van der Waals surface area contributed by atoms with Crippen LogP contribution < -0.4 is 4.72 Å². The van der Waals surface area contributed by atoms with Gasteiger partial charge in [0, 0.05) is 11.3 Å². The van der Waals surface area contributed by atoms with Gasteiger partial charge >= 0.3 is 0 Å². The van der Waals surface area contributed by atoms with Crippen LogP contribution >= 0.6 is 11.6 Å². The van der Waals surface area contributed by atoms with Crippen LogP contribution in [0.5, 0.6) is 0 Å². The summed E-state index contributed by atoms with van der Waals surface area (Å²) in [6.45, 7) is 3.89.